The molecule has 0 aliphatic carbocycles. The molecule has 5 nitrogen and oxygen atoms in total. The predicted molar refractivity (Wildman–Crippen MR) is 81.3 cm³/mol. The Morgan fingerprint density at radius 2 is 2.08 bits per heavy atom. The van der Waals surface area contributed by atoms with E-state index in [1.54, 1.807) is 6.07 Å². The van der Waals surface area contributed by atoms with Crippen LogP contribution in [0.25, 0.3) is 0 Å². The van der Waals surface area contributed by atoms with Gasteiger partial charge in [0.05, 0.1) is 11.7 Å². The Morgan fingerprint density at radius 1 is 1.38 bits per heavy atom. The van der Waals surface area contributed by atoms with Gasteiger partial charge in [0.15, 0.2) is 0 Å². The molecule has 1 heterocycles. The summed E-state index contributed by atoms with van der Waals surface area (Å²) in [5.41, 5.74) is -0.267. The van der Waals surface area contributed by atoms with Crippen molar-refractivity contribution in [2.45, 2.75) is 32.0 Å². The van der Waals surface area contributed by atoms with Crippen molar-refractivity contribution in [3.05, 3.63) is 52.8 Å². The van der Waals surface area contributed by atoms with Crippen LogP contribution in [0.3, 0.4) is 0 Å². The number of amides is 1. The van der Waals surface area contributed by atoms with E-state index in [1.165, 1.54) is 18.2 Å². The fourth-order valence-electron chi connectivity index (χ4n) is 2.31. The molecule has 130 valence electrons. The number of aliphatic hydroxyl groups is 1. The molecule has 0 aliphatic rings. The van der Waals surface area contributed by atoms with Crippen LogP contribution >= 0.6 is 0 Å². The third-order valence-electron chi connectivity index (χ3n) is 3.46. The van der Waals surface area contributed by atoms with Crippen molar-refractivity contribution in [2.24, 2.45) is 0 Å². The molecule has 1 aromatic heterocycles. The Bertz CT molecular complexity index is 698. The topological polar surface area (TPSA) is 78.0 Å². The number of hydrogen-bond donors (Lipinski definition) is 3. The van der Waals surface area contributed by atoms with Crippen LogP contribution in [-0.2, 0) is 12.6 Å². The molecule has 1 amide bonds. The molecule has 0 saturated carbocycles. The lowest BCUT2D eigenvalue weighted by molar-refractivity contribution is -0.139. The van der Waals surface area contributed by atoms with Crippen molar-refractivity contribution in [1.82, 2.24) is 15.5 Å². The summed E-state index contributed by atoms with van der Waals surface area (Å²) in [4.78, 5) is 12.0. The number of H-pyrrole nitrogens is 1. The molecule has 0 bridgehead atoms. The van der Waals surface area contributed by atoms with Crippen LogP contribution in [0.1, 0.15) is 46.8 Å². The van der Waals surface area contributed by atoms with Crippen molar-refractivity contribution in [1.29, 1.82) is 0 Å². The Morgan fingerprint density at radius 3 is 2.75 bits per heavy atom. The van der Waals surface area contributed by atoms with Gasteiger partial charge in [-0.15, -0.1) is 0 Å². The third-order valence-corrected chi connectivity index (χ3v) is 3.46. The van der Waals surface area contributed by atoms with Crippen LogP contribution < -0.4 is 5.32 Å². The van der Waals surface area contributed by atoms with Gasteiger partial charge in [-0.2, -0.15) is 18.3 Å². The highest BCUT2D eigenvalue weighted by Gasteiger charge is 2.34. The number of alkyl halides is 3. The van der Waals surface area contributed by atoms with E-state index in [9.17, 15) is 23.1 Å². The first-order valence-electron chi connectivity index (χ1n) is 7.49. The van der Waals surface area contributed by atoms with E-state index in [0.29, 0.717) is 0 Å². The molecule has 0 aliphatic heterocycles. The van der Waals surface area contributed by atoms with Gasteiger partial charge in [-0.1, -0.05) is 31.5 Å². The van der Waals surface area contributed by atoms with Crippen molar-refractivity contribution in [3.8, 4) is 0 Å². The lowest BCUT2D eigenvalue weighted by Gasteiger charge is -2.17. The van der Waals surface area contributed by atoms with Gasteiger partial charge >= 0.3 is 6.18 Å². The minimum atomic E-state index is -4.57. The van der Waals surface area contributed by atoms with E-state index >= 15 is 0 Å². The fraction of sp³-hybridized carbons (Fsp3) is 0.375. The molecule has 0 fully saturated rings. The number of carbonyl (C=O) groups excluding carboxylic acids is 1. The van der Waals surface area contributed by atoms with Crippen LogP contribution in [0.2, 0.25) is 0 Å². The average Bonchev–Trinajstić information content (AvgIpc) is 3.00. The zero-order chi connectivity index (χ0) is 17.7. The maximum Gasteiger partial charge on any atom is 0.416 e. The molecule has 0 radical (unpaired) electrons. The Hall–Kier alpha value is -2.35. The monoisotopic (exact) mass is 341 g/mol. The summed E-state index contributed by atoms with van der Waals surface area (Å²) in [5, 5.41) is 19.0. The average molecular weight is 341 g/mol. The number of hydrogen-bond acceptors (Lipinski definition) is 3. The summed E-state index contributed by atoms with van der Waals surface area (Å²) in [7, 11) is 0. The summed E-state index contributed by atoms with van der Waals surface area (Å²) in [5.74, 6) is -0.558. The summed E-state index contributed by atoms with van der Waals surface area (Å²) in [6.45, 7) is 1.64. The fourth-order valence-corrected chi connectivity index (χ4v) is 2.31. The molecule has 0 saturated heterocycles. The van der Waals surface area contributed by atoms with Crippen LogP contribution in [0.15, 0.2) is 30.3 Å². The van der Waals surface area contributed by atoms with Crippen LogP contribution in [0.5, 0.6) is 0 Å². The van der Waals surface area contributed by atoms with E-state index in [4.69, 9.17) is 0 Å². The highest BCUT2D eigenvalue weighted by Crippen LogP contribution is 2.34. The van der Waals surface area contributed by atoms with E-state index in [-0.39, 0.29) is 17.8 Å². The SMILES string of the molecule is CCCc1cc(C(=O)NCC(O)c2ccccc2C(F)(F)F)n[nH]1. The van der Waals surface area contributed by atoms with Gasteiger partial charge in [-0.05, 0) is 24.1 Å². The van der Waals surface area contributed by atoms with E-state index in [2.05, 4.69) is 15.5 Å². The van der Waals surface area contributed by atoms with Gasteiger partial charge in [-0.25, -0.2) is 0 Å². The largest absolute Gasteiger partial charge is 0.416 e. The number of benzene rings is 1. The first kappa shape index (κ1) is 18.0. The van der Waals surface area contributed by atoms with Crippen molar-refractivity contribution in [2.75, 3.05) is 6.54 Å². The van der Waals surface area contributed by atoms with Gasteiger partial charge < -0.3 is 10.4 Å². The molecule has 24 heavy (non-hydrogen) atoms. The predicted octanol–water partition coefficient (Wildman–Crippen LogP) is 2.84. The number of nitrogens with zero attached hydrogens (tertiary/aromatic N) is 1. The number of aromatic nitrogens is 2. The summed E-state index contributed by atoms with van der Waals surface area (Å²) < 4.78 is 38.8. The van der Waals surface area contributed by atoms with Crippen LogP contribution in [0.4, 0.5) is 13.2 Å². The Balaban J connectivity index is 2.02. The standard InChI is InChI=1S/C16H18F3N3O2/c1-2-5-10-8-13(22-21-10)15(24)20-9-14(23)11-6-3-4-7-12(11)16(17,18)19/h3-4,6-8,14,23H,2,5,9H2,1H3,(H,20,24)(H,21,22). The molecule has 8 heteroatoms. The normalized spacial score (nSPS) is 12.9. The number of carbonyl (C=O) groups is 1. The molecular weight excluding hydrogens is 323 g/mol. The molecule has 1 aromatic carbocycles. The Labute approximate surface area is 136 Å². The molecule has 2 rings (SSSR count). The number of aliphatic hydroxyl groups excluding tert-OH is 1. The van der Waals surface area contributed by atoms with Gasteiger partial charge in [0.1, 0.15) is 5.69 Å². The van der Waals surface area contributed by atoms with Gasteiger partial charge in [0.2, 0.25) is 0 Å². The Kier molecular flexibility index (Phi) is 5.61. The smallest absolute Gasteiger partial charge is 0.387 e. The van der Waals surface area contributed by atoms with Crippen LogP contribution in [0, 0.1) is 0 Å². The van der Waals surface area contributed by atoms with E-state index < -0.39 is 23.8 Å². The first-order chi connectivity index (χ1) is 11.3. The second kappa shape index (κ2) is 7.48. The highest BCUT2D eigenvalue weighted by atomic mass is 19.4. The van der Waals surface area contributed by atoms with E-state index in [1.807, 2.05) is 6.92 Å². The zero-order valence-electron chi connectivity index (χ0n) is 13.0. The third kappa shape index (κ3) is 4.35. The van der Waals surface area contributed by atoms with Gasteiger partial charge in [0, 0.05) is 12.2 Å². The van der Waals surface area contributed by atoms with Gasteiger partial charge in [0.25, 0.3) is 5.91 Å². The first-order valence-corrected chi connectivity index (χ1v) is 7.49. The second-order valence-electron chi connectivity index (χ2n) is 5.34. The van der Waals surface area contributed by atoms with E-state index in [0.717, 1.165) is 24.6 Å². The van der Waals surface area contributed by atoms with Crippen LogP contribution in [-0.4, -0.2) is 27.8 Å². The highest BCUT2D eigenvalue weighted by molar-refractivity contribution is 5.92. The second-order valence-corrected chi connectivity index (χ2v) is 5.34. The quantitative estimate of drug-likeness (QED) is 0.756. The van der Waals surface area contributed by atoms with Gasteiger partial charge in [-0.3, -0.25) is 9.89 Å². The molecule has 1 unspecified atom stereocenters. The van der Waals surface area contributed by atoms with Crippen molar-refractivity contribution in [3.63, 3.8) is 0 Å². The molecule has 0 spiro atoms. The number of nitrogens with one attached hydrogen (secondary N) is 2. The molecular formula is C16H18F3N3O2. The van der Waals surface area contributed by atoms with Crippen molar-refractivity contribution < 1.29 is 23.1 Å². The summed E-state index contributed by atoms with van der Waals surface area (Å²) >= 11 is 0. The number of rotatable bonds is 6. The number of aryl methyl sites for hydroxylation is 1. The lowest BCUT2D eigenvalue weighted by atomic mass is 10.0. The number of aromatic amines is 1. The van der Waals surface area contributed by atoms with Crippen molar-refractivity contribution >= 4 is 5.91 Å². The summed E-state index contributed by atoms with van der Waals surface area (Å²) in [6.07, 6.45) is -4.42. The number of halogens is 3. The molecule has 3 N–H and O–H groups in total. The maximum absolute atomic E-state index is 12.9. The molecule has 1 atom stereocenters. The lowest BCUT2D eigenvalue weighted by Crippen LogP contribution is -2.29. The minimum Gasteiger partial charge on any atom is -0.387 e. The molecule has 2 aromatic rings. The zero-order valence-corrected chi connectivity index (χ0v) is 13.0. The maximum atomic E-state index is 12.9. The summed E-state index contributed by atoms with van der Waals surface area (Å²) in [6, 6.07) is 6.31. The minimum absolute atomic E-state index is 0.134.